The fraction of sp³-hybridized carbons (Fsp3) is 0.500. The van der Waals surface area contributed by atoms with Crippen molar-refractivity contribution in [1.29, 1.82) is 0 Å². The minimum Gasteiger partial charge on any atom is -0.497 e. The maximum atomic E-state index is 10.9. The summed E-state index contributed by atoms with van der Waals surface area (Å²) in [6, 6.07) is 8.08. The van der Waals surface area contributed by atoms with E-state index in [0.29, 0.717) is 6.42 Å². The van der Waals surface area contributed by atoms with Crippen LogP contribution >= 0.6 is 11.8 Å². The Morgan fingerprint density at radius 2 is 1.83 bits per heavy atom. The lowest BCUT2D eigenvalue weighted by molar-refractivity contribution is -0.140. The first kappa shape index (κ1) is 14.9. The van der Waals surface area contributed by atoms with Gasteiger partial charge in [0, 0.05) is 11.3 Å². The number of esters is 1. The van der Waals surface area contributed by atoms with Crippen molar-refractivity contribution in [2.45, 2.75) is 30.6 Å². The predicted octanol–water partition coefficient (Wildman–Crippen LogP) is 3.52. The number of thioether (sulfide) groups is 1. The van der Waals surface area contributed by atoms with Crippen molar-refractivity contribution >= 4 is 17.7 Å². The Bertz CT molecular complexity index is 349. The summed E-state index contributed by atoms with van der Waals surface area (Å²) in [5, 5.41) is 0. The van der Waals surface area contributed by atoms with Gasteiger partial charge in [-0.25, -0.2) is 0 Å². The molecule has 0 N–H and O–H groups in total. The Morgan fingerprint density at radius 1 is 1.11 bits per heavy atom. The summed E-state index contributed by atoms with van der Waals surface area (Å²) >= 11 is 1.83. The molecule has 1 rings (SSSR count). The van der Waals surface area contributed by atoms with E-state index in [0.717, 1.165) is 30.8 Å². The Morgan fingerprint density at radius 3 is 2.44 bits per heavy atom. The molecule has 1 aromatic carbocycles. The van der Waals surface area contributed by atoms with Gasteiger partial charge in [-0.2, -0.15) is 0 Å². The highest BCUT2D eigenvalue weighted by molar-refractivity contribution is 7.99. The summed E-state index contributed by atoms with van der Waals surface area (Å²) in [6.45, 7) is 0. The number of carbonyl (C=O) groups excluding carboxylic acids is 1. The van der Waals surface area contributed by atoms with Crippen LogP contribution in [-0.4, -0.2) is 25.9 Å². The largest absolute Gasteiger partial charge is 0.497 e. The Balaban J connectivity index is 2.08. The molecule has 0 atom stereocenters. The highest BCUT2D eigenvalue weighted by Crippen LogP contribution is 2.22. The van der Waals surface area contributed by atoms with Crippen molar-refractivity contribution in [3.8, 4) is 5.75 Å². The number of ether oxygens (including phenoxy) is 2. The number of rotatable bonds is 8. The molecular weight excluding hydrogens is 248 g/mol. The van der Waals surface area contributed by atoms with Crippen molar-refractivity contribution in [3.05, 3.63) is 24.3 Å². The molecule has 0 aliphatic rings. The van der Waals surface area contributed by atoms with Crippen LogP contribution in [0.1, 0.15) is 25.7 Å². The SMILES string of the molecule is COC(=O)CCCCCSc1ccc(OC)cc1. The van der Waals surface area contributed by atoms with E-state index in [2.05, 4.69) is 16.9 Å². The fourth-order valence-electron chi connectivity index (χ4n) is 1.51. The Kier molecular flexibility index (Phi) is 7.34. The normalized spacial score (nSPS) is 10.1. The molecule has 0 aliphatic heterocycles. The zero-order valence-corrected chi connectivity index (χ0v) is 11.8. The maximum absolute atomic E-state index is 10.9. The van der Waals surface area contributed by atoms with E-state index in [-0.39, 0.29) is 5.97 Å². The smallest absolute Gasteiger partial charge is 0.305 e. The van der Waals surface area contributed by atoms with E-state index >= 15 is 0 Å². The van der Waals surface area contributed by atoms with E-state index in [9.17, 15) is 4.79 Å². The van der Waals surface area contributed by atoms with Gasteiger partial charge in [0.15, 0.2) is 0 Å². The van der Waals surface area contributed by atoms with Crippen LogP contribution in [0, 0.1) is 0 Å². The molecule has 0 aromatic heterocycles. The van der Waals surface area contributed by atoms with E-state index in [4.69, 9.17) is 4.74 Å². The van der Waals surface area contributed by atoms with Crippen LogP contribution in [0.5, 0.6) is 5.75 Å². The maximum Gasteiger partial charge on any atom is 0.305 e. The highest BCUT2D eigenvalue weighted by Gasteiger charge is 2.00. The molecular formula is C14H20O3S. The lowest BCUT2D eigenvalue weighted by Gasteiger charge is -2.03. The number of methoxy groups -OCH3 is 2. The zero-order valence-electron chi connectivity index (χ0n) is 11.0. The first-order valence-corrected chi connectivity index (χ1v) is 7.08. The number of unbranched alkanes of at least 4 members (excludes halogenated alkanes) is 2. The van der Waals surface area contributed by atoms with Gasteiger partial charge in [-0.15, -0.1) is 11.8 Å². The molecule has 18 heavy (non-hydrogen) atoms. The second-order valence-corrected chi connectivity index (χ2v) is 5.08. The Hall–Kier alpha value is -1.16. The van der Waals surface area contributed by atoms with Gasteiger partial charge in [0.1, 0.15) is 5.75 Å². The molecule has 0 saturated heterocycles. The van der Waals surface area contributed by atoms with Gasteiger partial charge in [0.2, 0.25) is 0 Å². The van der Waals surface area contributed by atoms with Gasteiger partial charge in [-0.05, 0) is 42.9 Å². The predicted molar refractivity (Wildman–Crippen MR) is 74.2 cm³/mol. The van der Waals surface area contributed by atoms with Crippen molar-refractivity contribution < 1.29 is 14.3 Å². The summed E-state index contributed by atoms with van der Waals surface area (Å²) in [6.07, 6.45) is 3.63. The molecule has 3 nitrogen and oxygen atoms in total. The van der Waals surface area contributed by atoms with Crippen LogP contribution in [0.4, 0.5) is 0 Å². The summed E-state index contributed by atoms with van der Waals surface area (Å²) in [4.78, 5) is 12.1. The minimum absolute atomic E-state index is 0.113. The van der Waals surface area contributed by atoms with E-state index in [1.165, 1.54) is 12.0 Å². The molecule has 0 bridgehead atoms. The monoisotopic (exact) mass is 268 g/mol. The molecule has 0 amide bonds. The molecule has 0 heterocycles. The second kappa shape index (κ2) is 8.86. The molecule has 4 heteroatoms. The van der Waals surface area contributed by atoms with Crippen LogP contribution in [0.2, 0.25) is 0 Å². The van der Waals surface area contributed by atoms with Gasteiger partial charge >= 0.3 is 5.97 Å². The topological polar surface area (TPSA) is 35.5 Å². The van der Waals surface area contributed by atoms with Crippen LogP contribution in [0.15, 0.2) is 29.2 Å². The fourth-order valence-corrected chi connectivity index (χ4v) is 2.42. The molecule has 0 spiro atoms. The number of hydrogen-bond acceptors (Lipinski definition) is 4. The average Bonchev–Trinajstić information content (AvgIpc) is 2.43. The molecule has 0 radical (unpaired) electrons. The van der Waals surface area contributed by atoms with Gasteiger partial charge in [-0.1, -0.05) is 6.42 Å². The highest BCUT2D eigenvalue weighted by atomic mass is 32.2. The van der Waals surface area contributed by atoms with Crippen molar-refractivity contribution in [2.24, 2.45) is 0 Å². The third kappa shape index (κ3) is 5.96. The Labute approximate surface area is 113 Å². The molecule has 0 fully saturated rings. The molecule has 0 unspecified atom stereocenters. The average molecular weight is 268 g/mol. The number of benzene rings is 1. The number of hydrogen-bond donors (Lipinski definition) is 0. The van der Waals surface area contributed by atoms with Crippen molar-refractivity contribution in [1.82, 2.24) is 0 Å². The van der Waals surface area contributed by atoms with Crippen LogP contribution in [0.25, 0.3) is 0 Å². The zero-order chi connectivity index (χ0) is 13.2. The molecule has 100 valence electrons. The summed E-state index contributed by atoms with van der Waals surface area (Å²) in [7, 11) is 3.10. The minimum atomic E-state index is -0.113. The van der Waals surface area contributed by atoms with Crippen LogP contribution < -0.4 is 4.74 Å². The van der Waals surface area contributed by atoms with Gasteiger partial charge < -0.3 is 9.47 Å². The van der Waals surface area contributed by atoms with Gasteiger partial charge in [0.25, 0.3) is 0 Å². The lowest BCUT2D eigenvalue weighted by atomic mass is 10.2. The van der Waals surface area contributed by atoms with E-state index < -0.39 is 0 Å². The first-order chi connectivity index (χ1) is 8.76. The van der Waals surface area contributed by atoms with E-state index in [1.807, 2.05) is 23.9 Å². The van der Waals surface area contributed by atoms with Gasteiger partial charge in [0.05, 0.1) is 14.2 Å². The third-order valence-electron chi connectivity index (χ3n) is 2.58. The van der Waals surface area contributed by atoms with Crippen molar-refractivity contribution in [3.63, 3.8) is 0 Å². The van der Waals surface area contributed by atoms with E-state index in [1.54, 1.807) is 7.11 Å². The van der Waals surface area contributed by atoms with Crippen molar-refractivity contribution in [2.75, 3.05) is 20.0 Å². The third-order valence-corrected chi connectivity index (χ3v) is 3.68. The quantitative estimate of drug-likeness (QED) is 0.410. The standard InChI is InChI=1S/C14H20O3S/c1-16-12-7-9-13(10-8-12)18-11-5-3-4-6-14(15)17-2/h7-10H,3-6,11H2,1-2H3. The first-order valence-electron chi connectivity index (χ1n) is 6.10. The molecule has 0 saturated carbocycles. The lowest BCUT2D eigenvalue weighted by Crippen LogP contribution is -1.99. The summed E-state index contributed by atoms with van der Waals surface area (Å²) in [5.74, 6) is 1.85. The van der Waals surface area contributed by atoms with Crippen LogP contribution in [-0.2, 0) is 9.53 Å². The van der Waals surface area contributed by atoms with Crippen LogP contribution in [0.3, 0.4) is 0 Å². The molecule has 0 aliphatic carbocycles. The molecule has 1 aromatic rings. The van der Waals surface area contributed by atoms with Gasteiger partial charge in [-0.3, -0.25) is 4.79 Å². The summed E-state index contributed by atoms with van der Waals surface area (Å²) < 4.78 is 9.70. The number of carbonyl (C=O) groups is 1. The second-order valence-electron chi connectivity index (χ2n) is 3.91. The summed E-state index contributed by atoms with van der Waals surface area (Å²) in [5.41, 5.74) is 0.